The number of hydrogen-bond donors (Lipinski definition) is 0. The third kappa shape index (κ3) is 3.88. The van der Waals surface area contributed by atoms with Gasteiger partial charge in [0.15, 0.2) is 0 Å². The number of nitrogens with zero attached hydrogens (tertiary/aromatic N) is 3. The van der Waals surface area contributed by atoms with Gasteiger partial charge in [-0.1, -0.05) is 25.3 Å². The Morgan fingerprint density at radius 1 is 1.22 bits per heavy atom. The van der Waals surface area contributed by atoms with Crippen molar-refractivity contribution in [3.63, 3.8) is 0 Å². The molecule has 1 aliphatic heterocycles. The molecule has 0 radical (unpaired) electrons. The lowest BCUT2D eigenvalue weighted by atomic mass is 9.90. The minimum atomic E-state index is -0.354. The summed E-state index contributed by atoms with van der Waals surface area (Å²) in [6.45, 7) is 1.59. The molecule has 2 aromatic rings. The van der Waals surface area contributed by atoms with Crippen molar-refractivity contribution in [2.45, 2.75) is 50.9 Å². The quantitative estimate of drug-likeness (QED) is 0.559. The minimum absolute atomic E-state index is 0.0423. The number of thiazole rings is 1. The Labute approximate surface area is 162 Å². The molecule has 1 amide bonds. The molecule has 1 aromatic heterocycles. The lowest BCUT2D eigenvalue weighted by Gasteiger charge is -2.30. The van der Waals surface area contributed by atoms with Gasteiger partial charge >= 0.3 is 0 Å². The highest BCUT2D eigenvalue weighted by Gasteiger charge is 2.24. The monoisotopic (exact) mass is 385 g/mol. The average Bonchev–Trinajstić information content (AvgIpc) is 3.11. The van der Waals surface area contributed by atoms with E-state index in [1.54, 1.807) is 34.6 Å². The first-order valence-electron chi connectivity index (χ1n) is 9.63. The first-order valence-corrected chi connectivity index (χ1v) is 10.4. The van der Waals surface area contributed by atoms with Crippen LogP contribution in [0.25, 0.3) is 10.4 Å². The zero-order chi connectivity index (χ0) is 18.8. The Morgan fingerprint density at radius 3 is 2.67 bits per heavy atom. The number of benzene rings is 1. The van der Waals surface area contributed by atoms with Gasteiger partial charge in [0.2, 0.25) is 5.91 Å². The van der Waals surface area contributed by atoms with Crippen molar-refractivity contribution >= 4 is 22.9 Å². The van der Waals surface area contributed by atoms with Gasteiger partial charge in [0.1, 0.15) is 0 Å². The van der Waals surface area contributed by atoms with E-state index in [9.17, 15) is 14.9 Å². The van der Waals surface area contributed by atoms with Gasteiger partial charge in [-0.15, -0.1) is 11.3 Å². The normalized spacial score (nSPS) is 17.6. The third-order valence-corrected chi connectivity index (χ3v) is 6.76. The zero-order valence-corrected chi connectivity index (χ0v) is 16.0. The smallest absolute Gasteiger partial charge is 0.278 e. The Kier molecular flexibility index (Phi) is 5.20. The van der Waals surface area contributed by atoms with E-state index in [0.29, 0.717) is 17.0 Å². The lowest BCUT2D eigenvalue weighted by molar-refractivity contribution is -0.384. The molecule has 1 saturated heterocycles. The van der Waals surface area contributed by atoms with E-state index in [0.717, 1.165) is 42.2 Å². The SMILES string of the molecule is O=C(Cc1ccc(-c2cnc(C3CCCCC3)s2)c([N+](=O)[O-])c1)N1CCC1. The summed E-state index contributed by atoms with van der Waals surface area (Å²) in [7, 11) is 0. The first kappa shape index (κ1) is 18.1. The molecule has 0 atom stereocenters. The lowest BCUT2D eigenvalue weighted by Crippen LogP contribution is -2.42. The Morgan fingerprint density at radius 2 is 2.00 bits per heavy atom. The second-order valence-corrected chi connectivity index (χ2v) is 8.48. The molecule has 2 fully saturated rings. The van der Waals surface area contributed by atoms with Gasteiger partial charge in [-0.3, -0.25) is 14.9 Å². The van der Waals surface area contributed by atoms with Gasteiger partial charge in [0.05, 0.1) is 26.8 Å². The van der Waals surface area contributed by atoms with Crippen molar-refractivity contribution in [1.82, 2.24) is 9.88 Å². The zero-order valence-electron chi connectivity index (χ0n) is 15.2. The molecule has 2 heterocycles. The highest BCUT2D eigenvalue weighted by Crippen LogP contribution is 2.40. The number of amides is 1. The predicted molar refractivity (Wildman–Crippen MR) is 105 cm³/mol. The fraction of sp³-hybridized carbons (Fsp3) is 0.500. The Hall–Kier alpha value is -2.28. The highest BCUT2D eigenvalue weighted by atomic mass is 32.1. The number of likely N-dealkylation sites (tertiary alicyclic amines) is 1. The van der Waals surface area contributed by atoms with Gasteiger partial charge in [-0.2, -0.15) is 0 Å². The molecule has 0 unspecified atom stereocenters. The van der Waals surface area contributed by atoms with Crippen LogP contribution in [0.15, 0.2) is 24.4 Å². The van der Waals surface area contributed by atoms with Gasteiger partial charge in [0.25, 0.3) is 5.69 Å². The standard InChI is InChI=1S/C20H23N3O3S/c24-19(22-9-4-10-22)12-14-7-8-16(17(11-14)23(25)26)18-13-21-20(27-18)15-5-2-1-3-6-15/h7-8,11,13,15H,1-6,9-10,12H2. The van der Waals surface area contributed by atoms with Crippen molar-refractivity contribution in [3.05, 3.63) is 45.1 Å². The van der Waals surface area contributed by atoms with Gasteiger partial charge in [-0.25, -0.2) is 4.98 Å². The van der Waals surface area contributed by atoms with Crippen molar-refractivity contribution in [1.29, 1.82) is 0 Å². The van der Waals surface area contributed by atoms with E-state index in [1.165, 1.54) is 19.3 Å². The number of aromatic nitrogens is 1. The molecule has 2 aliphatic rings. The Balaban J connectivity index is 1.57. The van der Waals surface area contributed by atoms with Crippen molar-refractivity contribution in [2.75, 3.05) is 13.1 Å². The molecule has 1 saturated carbocycles. The van der Waals surface area contributed by atoms with Crippen LogP contribution in [0.2, 0.25) is 0 Å². The highest BCUT2D eigenvalue weighted by molar-refractivity contribution is 7.15. The average molecular weight is 385 g/mol. The molecular formula is C20H23N3O3S. The van der Waals surface area contributed by atoms with Gasteiger partial charge in [-0.05, 0) is 30.9 Å². The largest absolute Gasteiger partial charge is 0.342 e. The van der Waals surface area contributed by atoms with Crippen LogP contribution >= 0.6 is 11.3 Å². The van der Waals surface area contributed by atoms with Crippen LogP contribution in [0.1, 0.15) is 55.0 Å². The van der Waals surface area contributed by atoms with Crippen LogP contribution in [0.5, 0.6) is 0 Å². The van der Waals surface area contributed by atoms with Crippen LogP contribution in [0.4, 0.5) is 5.69 Å². The molecule has 0 spiro atoms. The summed E-state index contributed by atoms with van der Waals surface area (Å²) < 4.78 is 0. The van der Waals surface area contributed by atoms with Crippen molar-refractivity contribution in [3.8, 4) is 10.4 Å². The molecule has 7 heteroatoms. The van der Waals surface area contributed by atoms with Crippen molar-refractivity contribution in [2.24, 2.45) is 0 Å². The van der Waals surface area contributed by atoms with E-state index in [2.05, 4.69) is 4.98 Å². The number of carbonyl (C=O) groups is 1. The van der Waals surface area contributed by atoms with Crippen LogP contribution in [-0.2, 0) is 11.2 Å². The van der Waals surface area contributed by atoms with E-state index >= 15 is 0 Å². The van der Waals surface area contributed by atoms with Gasteiger partial charge < -0.3 is 4.90 Å². The number of rotatable bonds is 5. The third-order valence-electron chi connectivity index (χ3n) is 5.57. The topological polar surface area (TPSA) is 76.3 Å². The van der Waals surface area contributed by atoms with Crippen LogP contribution in [0, 0.1) is 10.1 Å². The first-order chi connectivity index (χ1) is 13.1. The fourth-order valence-electron chi connectivity index (χ4n) is 3.85. The molecule has 0 bridgehead atoms. The maximum absolute atomic E-state index is 12.2. The second-order valence-electron chi connectivity index (χ2n) is 7.42. The number of hydrogen-bond acceptors (Lipinski definition) is 5. The maximum atomic E-state index is 12.2. The fourth-order valence-corrected chi connectivity index (χ4v) is 4.97. The summed E-state index contributed by atoms with van der Waals surface area (Å²) in [4.78, 5) is 30.6. The molecule has 1 aromatic carbocycles. The molecule has 4 rings (SSSR count). The Bertz CT molecular complexity index is 854. The summed E-state index contributed by atoms with van der Waals surface area (Å²) in [5.41, 5.74) is 1.35. The number of carbonyl (C=O) groups excluding carboxylic acids is 1. The molecule has 142 valence electrons. The summed E-state index contributed by atoms with van der Waals surface area (Å²) in [6, 6.07) is 5.15. The van der Waals surface area contributed by atoms with E-state index in [-0.39, 0.29) is 22.9 Å². The molecule has 0 N–H and O–H groups in total. The molecule has 6 nitrogen and oxygen atoms in total. The van der Waals surface area contributed by atoms with Gasteiger partial charge in [0, 0.05) is 31.3 Å². The maximum Gasteiger partial charge on any atom is 0.278 e. The molecular weight excluding hydrogens is 362 g/mol. The van der Waals surface area contributed by atoms with Crippen LogP contribution in [-0.4, -0.2) is 33.8 Å². The number of nitro benzene ring substituents is 1. The van der Waals surface area contributed by atoms with E-state index in [4.69, 9.17) is 0 Å². The summed E-state index contributed by atoms with van der Waals surface area (Å²) in [6.07, 6.45) is 9.11. The second kappa shape index (κ2) is 7.76. The minimum Gasteiger partial charge on any atom is -0.342 e. The predicted octanol–water partition coefficient (Wildman–Crippen LogP) is 4.54. The van der Waals surface area contributed by atoms with Crippen LogP contribution < -0.4 is 0 Å². The molecule has 1 aliphatic carbocycles. The summed E-state index contributed by atoms with van der Waals surface area (Å²) in [5, 5.41) is 12.7. The summed E-state index contributed by atoms with van der Waals surface area (Å²) >= 11 is 1.57. The van der Waals surface area contributed by atoms with E-state index < -0.39 is 0 Å². The van der Waals surface area contributed by atoms with Crippen LogP contribution in [0.3, 0.4) is 0 Å². The number of nitro groups is 1. The van der Waals surface area contributed by atoms with E-state index in [1.807, 2.05) is 6.07 Å². The van der Waals surface area contributed by atoms with Crippen molar-refractivity contribution < 1.29 is 9.72 Å². The molecule has 27 heavy (non-hydrogen) atoms. The summed E-state index contributed by atoms with van der Waals surface area (Å²) in [5.74, 6) is 0.533.